The summed E-state index contributed by atoms with van der Waals surface area (Å²) in [7, 11) is 0. The molecule has 0 aliphatic carbocycles. The zero-order chi connectivity index (χ0) is 15.4. The molecule has 0 aliphatic heterocycles. The molecule has 0 aliphatic rings. The summed E-state index contributed by atoms with van der Waals surface area (Å²) in [6.07, 6.45) is 0. The van der Waals surface area contributed by atoms with Crippen LogP contribution in [0.1, 0.15) is 13.8 Å². The van der Waals surface area contributed by atoms with Crippen molar-refractivity contribution in [2.24, 2.45) is 5.92 Å². The second kappa shape index (κ2) is 6.65. The number of aliphatic carboxylic acids is 1. The normalized spacial score (nSPS) is 12.1. The van der Waals surface area contributed by atoms with Gasteiger partial charge in [0.1, 0.15) is 11.9 Å². The Hall–Kier alpha value is -1.70. The highest BCUT2D eigenvalue weighted by Crippen LogP contribution is 2.26. The molecule has 8 heteroatoms. The van der Waals surface area contributed by atoms with Gasteiger partial charge in [-0.3, -0.25) is 0 Å². The summed E-state index contributed by atoms with van der Waals surface area (Å²) in [6, 6.07) is -0.414. The predicted molar refractivity (Wildman–Crippen MR) is 72.5 cm³/mol. The number of benzene rings is 1. The van der Waals surface area contributed by atoms with Crippen molar-refractivity contribution in [3.05, 3.63) is 28.2 Å². The maximum Gasteiger partial charge on any atom is 0.326 e. The van der Waals surface area contributed by atoms with E-state index >= 15 is 0 Å². The lowest BCUT2D eigenvalue weighted by molar-refractivity contribution is -0.140. The fraction of sp³-hybridized carbons (Fsp3) is 0.333. The van der Waals surface area contributed by atoms with Gasteiger partial charge < -0.3 is 15.7 Å². The largest absolute Gasteiger partial charge is 0.480 e. The first-order valence-electron chi connectivity index (χ1n) is 5.67. The topological polar surface area (TPSA) is 78.4 Å². The van der Waals surface area contributed by atoms with Crippen molar-refractivity contribution in [2.45, 2.75) is 19.9 Å². The van der Waals surface area contributed by atoms with E-state index in [1.165, 1.54) is 0 Å². The molecule has 1 atom stereocenters. The van der Waals surface area contributed by atoms with E-state index in [-0.39, 0.29) is 16.1 Å². The monoisotopic (exact) mass is 350 g/mol. The molecular weight excluding hydrogens is 338 g/mol. The molecule has 0 bridgehead atoms. The van der Waals surface area contributed by atoms with Crippen molar-refractivity contribution < 1.29 is 23.5 Å². The van der Waals surface area contributed by atoms with Crippen molar-refractivity contribution in [3.8, 4) is 0 Å². The lowest BCUT2D eigenvalue weighted by Crippen LogP contribution is -2.46. The second-order valence-electron chi connectivity index (χ2n) is 4.40. The van der Waals surface area contributed by atoms with E-state index in [9.17, 15) is 18.4 Å². The molecule has 2 amide bonds. The third-order valence-corrected chi connectivity index (χ3v) is 3.09. The van der Waals surface area contributed by atoms with Crippen LogP contribution in [0.2, 0.25) is 0 Å². The van der Waals surface area contributed by atoms with E-state index in [4.69, 9.17) is 5.11 Å². The number of carboxylic acid groups (broad SMARTS) is 1. The highest BCUT2D eigenvalue weighted by Gasteiger charge is 2.24. The Kier molecular flexibility index (Phi) is 5.43. The molecule has 0 spiro atoms. The fourth-order valence-electron chi connectivity index (χ4n) is 1.47. The first-order valence-corrected chi connectivity index (χ1v) is 6.46. The minimum absolute atomic E-state index is 0.0153. The van der Waals surface area contributed by atoms with Crippen LogP contribution in [0.25, 0.3) is 0 Å². The number of carbonyl (C=O) groups excluding carboxylic acids is 1. The summed E-state index contributed by atoms with van der Waals surface area (Å²) in [5, 5.41) is 13.3. The first kappa shape index (κ1) is 16.4. The van der Waals surface area contributed by atoms with Gasteiger partial charge in [-0.2, -0.15) is 0 Å². The number of amides is 2. The fourth-order valence-corrected chi connectivity index (χ4v) is 1.97. The minimum Gasteiger partial charge on any atom is -0.480 e. The lowest BCUT2D eigenvalue weighted by atomic mass is 10.1. The third kappa shape index (κ3) is 4.16. The summed E-state index contributed by atoms with van der Waals surface area (Å²) >= 11 is 2.91. The van der Waals surface area contributed by atoms with Crippen LogP contribution in [-0.2, 0) is 4.79 Å². The Morgan fingerprint density at radius 3 is 2.35 bits per heavy atom. The van der Waals surface area contributed by atoms with Crippen molar-refractivity contribution in [2.75, 3.05) is 5.32 Å². The summed E-state index contributed by atoms with van der Waals surface area (Å²) in [5.74, 6) is -3.32. The lowest BCUT2D eigenvalue weighted by Gasteiger charge is -2.18. The standard InChI is InChI=1S/C12H13BrF2N2O3/c1-5(2)9(11(18)19)16-12(20)17-10-7(13)3-6(14)4-8(10)15/h3-5,9H,1-2H3,(H,18,19)(H2,16,17,20)/t9-/m0/s1. The quantitative estimate of drug-likeness (QED) is 0.781. The Morgan fingerprint density at radius 2 is 1.90 bits per heavy atom. The van der Waals surface area contributed by atoms with Gasteiger partial charge in [-0.05, 0) is 27.9 Å². The van der Waals surface area contributed by atoms with Crippen LogP contribution in [0.15, 0.2) is 16.6 Å². The Labute approximate surface area is 122 Å². The van der Waals surface area contributed by atoms with Crippen LogP contribution in [0.4, 0.5) is 19.3 Å². The second-order valence-corrected chi connectivity index (χ2v) is 5.26. The molecular formula is C12H13BrF2N2O3. The molecule has 0 heterocycles. The first-order chi connectivity index (χ1) is 9.22. The van der Waals surface area contributed by atoms with Gasteiger partial charge in [0, 0.05) is 10.5 Å². The maximum absolute atomic E-state index is 13.5. The maximum atomic E-state index is 13.5. The zero-order valence-electron chi connectivity index (χ0n) is 10.7. The Morgan fingerprint density at radius 1 is 1.30 bits per heavy atom. The number of hydrogen-bond acceptors (Lipinski definition) is 2. The molecule has 5 nitrogen and oxygen atoms in total. The van der Waals surface area contributed by atoms with Crippen molar-refractivity contribution in [3.63, 3.8) is 0 Å². The van der Waals surface area contributed by atoms with E-state index in [1.807, 2.05) is 0 Å². The number of nitrogens with one attached hydrogen (secondary N) is 2. The molecule has 0 saturated carbocycles. The molecule has 0 radical (unpaired) electrons. The SMILES string of the molecule is CC(C)[C@H](NC(=O)Nc1c(F)cc(F)cc1Br)C(=O)O. The number of carboxylic acids is 1. The summed E-state index contributed by atoms with van der Waals surface area (Å²) in [4.78, 5) is 22.6. The summed E-state index contributed by atoms with van der Waals surface area (Å²) in [6.45, 7) is 3.24. The molecule has 0 fully saturated rings. The number of rotatable bonds is 4. The van der Waals surface area contributed by atoms with Crippen LogP contribution in [0.5, 0.6) is 0 Å². The average molecular weight is 351 g/mol. The number of anilines is 1. The molecule has 110 valence electrons. The minimum atomic E-state index is -1.20. The van der Waals surface area contributed by atoms with Crippen molar-refractivity contribution in [1.29, 1.82) is 0 Å². The van der Waals surface area contributed by atoms with Crippen LogP contribution in [0.3, 0.4) is 0 Å². The Balaban J connectivity index is 2.84. The van der Waals surface area contributed by atoms with Gasteiger partial charge in [-0.25, -0.2) is 18.4 Å². The van der Waals surface area contributed by atoms with Gasteiger partial charge in [-0.15, -0.1) is 0 Å². The molecule has 20 heavy (non-hydrogen) atoms. The third-order valence-electron chi connectivity index (χ3n) is 2.46. The van der Waals surface area contributed by atoms with Gasteiger partial charge in [0.25, 0.3) is 0 Å². The molecule has 0 saturated heterocycles. The van der Waals surface area contributed by atoms with Crippen molar-refractivity contribution >= 4 is 33.6 Å². The van der Waals surface area contributed by atoms with E-state index in [1.54, 1.807) is 13.8 Å². The molecule has 0 unspecified atom stereocenters. The summed E-state index contributed by atoms with van der Waals surface area (Å²) in [5.41, 5.74) is -0.267. The molecule has 1 aromatic rings. The smallest absolute Gasteiger partial charge is 0.326 e. The number of urea groups is 1. The number of halogens is 3. The highest BCUT2D eigenvalue weighted by molar-refractivity contribution is 9.10. The molecule has 1 rings (SSSR count). The number of hydrogen-bond donors (Lipinski definition) is 3. The van der Waals surface area contributed by atoms with Gasteiger partial charge in [0.05, 0.1) is 5.69 Å². The van der Waals surface area contributed by atoms with Gasteiger partial charge >= 0.3 is 12.0 Å². The molecule has 3 N–H and O–H groups in total. The van der Waals surface area contributed by atoms with Gasteiger partial charge in [0.15, 0.2) is 5.82 Å². The van der Waals surface area contributed by atoms with Crippen LogP contribution in [-0.4, -0.2) is 23.1 Å². The van der Waals surface area contributed by atoms with Crippen LogP contribution >= 0.6 is 15.9 Å². The van der Waals surface area contributed by atoms with E-state index in [0.717, 1.165) is 6.07 Å². The van der Waals surface area contributed by atoms with Gasteiger partial charge in [0.2, 0.25) is 0 Å². The molecule has 0 aromatic heterocycles. The summed E-state index contributed by atoms with van der Waals surface area (Å²) < 4.78 is 26.4. The average Bonchev–Trinajstić information content (AvgIpc) is 2.29. The Bertz CT molecular complexity index is 514. The van der Waals surface area contributed by atoms with E-state index < -0.39 is 29.7 Å². The van der Waals surface area contributed by atoms with E-state index in [2.05, 4.69) is 26.6 Å². The van der Waals surface area contributed by atoms with E-state index in [0.29, 0.717) is 6.07 Å². The van der Waals surface area contributed by atoms with Gasteiger partial charge in [-0.1, -0.05) is 13.8 Å². The van der Waals surface area contributed by atoms with Crippen LogP contribution in [0, 0.1) is 17.6 Å². The van der Waals surface area contributed by atoms with Crippen LogP contribution < -0.4 is 10.6 Å². The predicted octanol–water partition coefficient (Wildman–Crippen LogP) is 2.96. The van der Waals surface area contributed by atoms with Crippen molar-refractivity contribution in [1.82, 2.24) is 5.32 Å². The molecule has 1 aromatic carbocycles. The number of carbonyl (C=O) groups is 2. The highest BCUT2D eigenvalue weighted by atomic mass is 79.9. The zero-order valence-corrected chi connectivity index (χ0v) is 12.3.